The lowest BCUT2D eigenvalue weighted by molar-refractivity contribution is 0.300. The van der Waals surface area contributed by atoms with Crippen molar-refractivity contribution in [2.75, 3.05) is 6.61 Å². The highest BCUT2D eigenvalue weighted by molar-refractivity contribution is 5.37. The average molecular weight is 257 g/mol. The molecule has 0 saturated carbocycles. The molecule has 3 heterocycles. The molecule has 0 aliphatic carbocycles. The summed E-state index contributed by atoms with van der Waals surface area (Å²) in [5.41, 5.74) is 0.622. The van der Waals surface area contributed by atoms with Crippen molar-refractivity contribution in [3.8, 4) is 11.8 Å². The van der Waals surface area contributed by atoms with Crippen LogP contribution in [0.1, 0.15) is 38.2 Å². The maximum atomic E-state index is 9.73. The van der Waals surface area contributed by atoms with Crippen LogP contribution in [-0.4, -0.2) is 23.7 Å². The summed E-state index contributed by atoms with van der Waals surface area (Å²) in [6.07, 6.45) is 7.69. The maximum Gasteiger partial charge on any atom is 0.137 e. The average Bonchev–Trinajstić information content (AvgIpc) is 2.79. The molecule has 2 aliphatic rings. The predicted molar refractivity (Wildman–Crippen MR) is 71.9 cm³/mol. The van der Waals surface area contributed by atoms with Gasteiger partial charge in [-0.1, -0.05) is 0 Å². The van der Waals surface area contributed by atoms with E-state index >= 15 is 0 Å². The van der Waals surface area contributed by atoms with Crippen LogP contribution in [0.25, 0.3) is 0 Å². The van der Waals surface area contributed by atoms with Gasteiger partial charge in [-0.3, -0.25) is 4.98 Å². The van der Waals surface area contributed by atoms with Gasteiger partial charge in [-0.05, 0) is 44.2 Å². The van der Waals surface area contributed by atoms with E-state index in [0.29, 0.717) is 18.7 Å². The number of ether oxygens (including phenoxy) is 1. The summed E-state index contributed by atoms with van der Waals surface area (Å²) >= 11 is 0. The fourth-order valence-corrected chi connectivity index (χ4v) is 3.47. The van der Waals surface area contributed by atoms with Gasteiger partial charge in [-0.15, -0.1) is 0 Å². The standard InChI is InChI=1S/C15H19N3O/c1-2-19-14-5-11(8-17-9-14)15(10-16)6-12-3-4-13(7-15)18-12/h5,8-9,12-13,18H,2-4,6-7H2,1H3. The summed E-state index contributed by atoms with van der Waals surface area (Å²) in [5, 5.41) is 13.3. The van der Waals surface area contributed by atoms with Crippen LogP contribution in [0.3, 0.4) is 0 Å². The molecule has 0 radical (unpaired) electrons. The number of piperidine rings is 1. The smallest absolute Gasteiger partial charge is 0.137 e. The summed E-state index contributed by atoms with van der Waals surface area (Å²) < 4.78 is 5.51. The van der Waals surface area contributed by atoms with E-state index in [2.05, 4.69) is 16.4 Å². The molecular formula is C15H19N3O. The fraction of sp³-hybridized carbons (Fsp3) is 0.600. The lowest BCUT2D eigenvalue weighted by Crippen LogP contribution is -2.46. The summed E-state index contributed by atoms with van der Waals surface area (Å²) in [7, 11) is 0. The Morgan fingerprint density at radius 3 is 2.79 bits per heavy atom. The second-order valence-electron chi connectivity index (χ2n) is 5.58. The first-order chi connectivity index (χ1) is 9.25. The molecular weight excluding hydrogens is 238 g/mol. The van der Waals surface area contributed by atoms with Gasteiger partial charge in [0.2, 0.25) is 0 Å². The van der Waals surface area contributed by atoms with Crippen molar-refractivity contribution < 1.29 is 4.74 Å². The topological polar surface area (TPSA) is 57.9 Å². The van der Waals surface area contributed by atoms with E-state index in [9.17, 15) is 5.26 Å². The van der Waals surface area contributed by atoms with Gasteiger partial charge >= 0.3 is 0 Å². The first kappa shape index (κ1) is 12.4. The predicted octanol–water partition coefficient (Wildman–Crippen LogP) is 2.16. The van der Waals surface area contributed by atoms with E-state index in [4.69, 9.17) is 4.74 Å². The van der Waals surface area contributed by atoms with Crippen molar-refractivity contribution in [1.29, 1.82) is 5.26 Å². The van der Waals surface area contributed by atoms with Crippen molar-refractivity contribution in [3.05, 3.63) is 24.0 Å². The largest absolute Gasteiger partial charge is 0.492 e. The van der Waals surface area contributed by atoms with Gasteiger partial charge in [0.25, 0.3) is 0 Å². The van der Waals surface area contributed by atoms with Gasteiger partial charge in [0.05, 0.1) is 24.3 Å². The zero-order chi connectivity index (χ0) is 13.3. The van der Waals surface area contributed by atoms with E-state index in [1.807, 2.05) is 19.2 Å². The Kier molecular flexibility index (Phi) is 3.16. The Bertz CT molecular complexity index is 496. The molecule has 2 atom stereocenters. The Labute approximate surface area is 113 Å². The number of pyridine rings is 1. The van der Waals surface area contributed by atoms with Gasteiger partial charge in [0.1, 0.15) is 5.75 Å². The van der Waals surface area contributed by atoms with Crippen molar-refractivity contribution in [2.45, 2.75) is 50.1 Å². The molecule has 2 aliphatic heterocycles. The lowest BCUT2D eigenvalue weighted by Gasteiger charge is -2.36. The van der Waals surface area contributed by atoms with E-state index in [1.165, 1.54) is 12.8 Å². The molecule has 100 valence electrons. The number of hydrogen-bond donors (Lipinski definition) is 1. The third kappa shape index (κ3) is 2.19. The number of hydrogen-bond acceptors (Lipinski definition) is 4. The number of nitriles is 1. The molecule has 0 spiro atoms. The molecule has 3 rings (SSSR count). The van der Waals surface area contributed by atoms with Crippen LogP contribution in [0.5, 0.6) is 5.75 Å². The Morgan fingerprint density at radius 1 is 1.42 bits per heavy atom. The number of aromatic nitrogens is 1. The molecule has 0 amide bonds. The quantitative estimate of drug-likeness (QED) is 0.901. The van der Waals surface area contributed by atoms with E-state index in [0.717, 1.165) is 24.2 Å². The number of fused-ring (bicyclic) bond motifs is 2. The third-order valence-electron chi connectivity index (χ3n) is 4.32. The minimum Gasteiger partial charge on any atom is -0.492 e. The van der Waals surface area contributed by atoms with Crippen LogP contribution in [0.4, 0.5) is 0 Å². The van der Waals surface area contributed by atoms with Crippen molar-refractivity contribution in [1.82, 2.24) is 10.3 Å². The van der Waals surface area contributed by atoms with Crippen LogP contribution < -0.4 is 10.1 Å². The normalized spacial score (nSPS) is 32.8. The summed E-state index contributed by atoms with van der Waals surface area (Å²) in [5.74, 6) is 0.764. The number of rotatable bonds is 3. The van der Waals surface area contributed by atoms with Gasteiger partial charge in [0, 0.05) is 18.3 Å². The molecule has 19 heavy (non-hydrogen) atoms. The Balaban J connectivity index is 1.94. The van der Waals surface area contributed by atoms with Crippen LogP contribution >= 0.6 is 0 Å². The SMILES string of the molecule is CCOc1cncc(C2(C#N)CC3CCC(C2)N3)c1. The molecule has 1 aromatic rings. The molecule has 4 nitrogen and oxygen atoms in total. The monoisotopic (exact) mass is 257 g/mol. The molecule has 2 unspecified atom stereocenters. The van der Waals surface area contributed by atoms with Gasteiger partial charge in [-0.2, -0.15) is 5.26 Å². The molecule has 0 aromatic carbocycles. The van der Waals surface area contributed by atoms with Gasteiger partial charge in [0.15, 0.2) is 0 Å². The molecule has 2 saturated heterocycles. The van der Waals surface area contributed by atoms with Crippen molar-refractivity contribution in [2.24, 2.45) is 0 Å². The Hall–Kier alpha value is -1.60. The van der Waals surface area contributed by atoms with E-state index < -0.39 is 5.41 Å². The van der Waals surface area contributed by atoms with Crippen LogP contribution in [0.2, 0.25) is 0 Å². The highest BCUT2D eigenvalue weighted by Gasteiger charge is 2.45. The van der Waals surface area contributed by atoms with E-state index in [1.54, 1.807) is 6.20 Å². The summed E-state index contributed by atoms with van der Waals surface area (Å²) in [6.45, 7) is 2.58. The minimum absolute atomic E-state index is 0.392. The van der Waals surface area contributed by atoms with Crippen LogP contribution in [-0.2, 0) is 5.41 Å². The van der Waals surface area contributed by atoms with Crippen LogP contribution in [0.15, 0.2) is 18.5 Å². The first-order valence-corrected chi connectivity index (χ1v) is 7.01. The molecule has 4 heteroatoms. The van der Waals surface area contributed by atoms with Crippen molar-refractivity contribution in [3.63, 3.8) is 0 Å². The number of nitrogens with zero attached hydrogens (tertiary/aromatic N) is 2. The minimum atomic E-state index is -0.392. The number of nitrogens with one attached hydrogen (secondary N) is 1. The van der Waals surface area contributed by atoms with Gasteiger partial charge < -0.3 is 10.1 Å². The highest BCUT2D eigenvalue weighted by Crippen LogP contribution is 2.42. The maximum absolute atomic E-state index is 9.73. The summed E-state index contributed by atoms with van der Waals surface area (Å²) in [6, 6.07) is 5.52. The van der Waals surface area contributed by atoms with Gasteiger partial charge in [-0.25, -0.2) is 0 Å². The molecule has 1 N–H and O–H groups in total. The second kappa shape index (κ2) is 4.82. The van der Waals surface area contributed by atoms with E-state index in [-0.39, 0.29) is 0 Å². The Morgan fingerprint density at radius 2 is 2.16 bits per heavy atom. The third-order valence-corrected chi connectivity index (χ3v) is 4.32. The highest BCUT2D eigenvalue weighted by atomic mass is 16.5. The first-order valence-electron chi connectivity index (χ1n) is 7.01. The molecule has 2 bridgehead atoms. The zero-order valence-electron chi connectivity index (χ0n) is 11.2. The summed E-state index contributed by atoms with van der Waals surface area (Å²) in [4.78, 5) is 4.25. The second-order valence-corrected chi connectivity index (χ2v) is 5.58. The molecule has 1 aromatic heterocycles. The fourth-order valence-electron chi connectivity index (χ4n) is 3.47. The zero-order valence-corrected chi connectivity index (χ0v) is 11.2. The lowest BCUT2D eigenvalue weighted by atomic mass is 9.72. The van der Waals surface area contributed by atoms with Crippen LogP contribution in [0, 0.1) is 11.3 Å². The van der Waals surface area contributed by atoms with Crippen molar-refractivity contribution >= 4 is 0 Å². The molecule has 2 fully saturated rings.